The minimum atomic E-state index is -0.121. The van der Waals surface area contributed by atoms with Gasteiger partial charge in [0, 0.05) is 10.8 Å². The Balaban J connectivity index is 0.000000371. The van der Waals surface area contributed by atoms with Crippen molar-refractivity contribution >= 4 is 11.6 Å². The van der Waals surface area contributed by atoms with E-state index in [0.717, 1.165) is 0 Å². The minimum Gasteiger partial charge on any atom is -0.290 e. The summed E-state index contributed by atoms with van der Waals surface area (Å²) in [5.41, 5.74) is 0. The molecule has 0 aromatic heterocycles. The Labute approximate surface area is 57.3 Å². The Kier molecular flexibility index (Phi) is 3.42. The first kappa shape index (κ1) is 8.24. The SMILES string of the molecule is N#N.O=C1C=CC(=O)C=C1. The second-order valence-electron chi connectivity index (χ2n) is 1.47. The normalized spacial score (nSPS) is 14.2. The number of allylic oxidation sites excluding steroid dienone is 4. The fourth-order valence-electron chi connectivity index (χ4n) is 0.440. The van der Waals surface area contributed by atoms with E-state index in [-0.39, 0.29) is 11.6 Å². The van der Waals surface area contributed by atoms with Crippen molar-refractivity contribution in [1.82, 2.24) is 0 Å². The average Bonchev–Trinajstić information content (AvgIpc) is 2.00. The number of carbonyl (C=O) groups excluding carboxylic acids is 2. The first-order chi connectivity index (χ1) is 4.79. The number of rotatable bonds is 0. The Morgan fingerprint density at radius 2 is 1.00 bits per heavy atom. The van der Waals surface area contributed by atoms with Crippen LogP contribution < -0.4 is 0 Å². The maximum absolute atomic E-state index is 10.3. The number of nitrogens with zero attached hydrogens (tertiary/aromatic N) is 2. The Bertz CT molecular complexity index is 187. The molecule has 0 aromatic carbocycles. The van der Waals surface area contributed by atoms with Gasteiger partial charge in [0.2, 0.25) is 0 Å². The second-order valence-corrected chi connectivity index (χ2v) is 1.47. The van der Waals surface area contributed by atoms with Gasteiger partial charge in [0.05, 0.1) is 0 Å². The van der Waals surface area contributed by atoms with Crippen molar-refractivity contribution in [3.8, 4) is 0 Å². The van der Waals surface area contributed by atoms with Gasteiger partial charge in [-0.05, 0) is 24.3 Å². The van der Waals surface area contributed by atoms with Gasteiger partial charge in [-0.1, -0.05) is 0 Å². The molecule has 0 fully saturated rings. The fourth-order valence-corrected chi connectivity index (χ4v) is 0.440. The molecule has 0 aliphatic heterocycles. The predicted molar refractivity (Wildman–Crippen MR) is 31.7 cm³/mol. The third-order valence-electron chi connectivity index (χ3n) is 0.824. The standard InChI is InChI=1S/C6H4O2.N2/c7-5-1-2-6(8)4-3-5;1-2/h1-4H;. The van der Waals surface area contributed by atoms with Crippen LogP contribution in [0.3, 0.4) is 0 Å². The van der Waals surface area contributed by atoms with Crippen LogP contribution in [0, 0.1) is 10.8 Å². The predicted octanol–water partition coefficient (Wildman–Crippen LogP) is 0.281. The van der Waals surface area contributed by atoms with Crippen LogP contribution in [0.2, 0.25) is 0 Å². The summed E-state index contributed by atoms with van der Waals surface area (Å²) in [6.45, 7) is 0. The van der Waals surface area contributed by atoms with Crippen LogP contribution in [0.25, 0.3) is 0 Å². The molecule has 1 aliphatic carbocycles. The first-order valence-electron chi connectivity index (χ1n) is 2.43. The molecule has 1 rings (SSSR count). The molecule has 0 amide bonds. The van der Waals surface area contributed by atoms with Gasteiger partial charge < -0.3 is 0 Å². The molecule has 0 atom stereocenters. The summed E-state index contributed by atoms with van der Waals surface area (Å²) in [5.74, 6) is -0.241. The molecule has 1 aliphatic rings. The maximum Gasteiger partial charge on any atom is 0.178 e. The maximum atomic E-state index is 10.3. The third kappa shape index (κ3) is 2.52. The molecule has 0 heterocycles. The Hall–Kier alpha value is -1.76. The van der Waals surface area contributed by atoms with E-state index in [9.17, 15) is 9.59 Å². The van der Waals surface area contributed by atoms with Crippen molar-refractivity contribution < 1.29 is 9.59 Å². The monoisotopic (exact) mass is 136 g/mol. The molecule has 4 heteroatoms. The number of carbonyl (C=O) groups is 2. The van der Waals surface area contributed by atoms with Crippen LogP contribution >= 0.6 is 0 Å². The fraction of sp³-hybridized carbons (Fsp3) is 0. The van der Waals surface area contributed by atoms with Crippen molar-refractivity contribution in [3.63, 3.8) is 0 Å². The summed E-state index contributed by atoms with van der Waals surface area (Å²) in [4.78, 5) is 20.6. The zero-order valence-electron chi connectivity index (χ0n) is 5.02. The lowest BCUT2D eigenvalue weighted by molar-refractivity contribution is -0.113. The van der Waals surface area contributed by atoms with Crippen molar-refractivity contribution in [2.75, 3.05) is 0 Å². The smallest absolute Gasteiger partial charge is 0.178 e. The molecule has 10 heavy (non-hydrogen) atoms. The van der Waals surface area contributed by atoms with Gasteiger partial charge >= 0.3 is 0 Å². The highest BCUT2D eigenvalue weighted by Crippen LogP contribution is 1.90. The molecular formula is C6H4N2O2. The van der Waals surface area contributed by atoms with Crippen LogP contribution in [-0.2, 0) is 9.59 Å². The zero-order valence-corrected chi connectivity index (χ0v) is 5.02. The first-order valence-corrected chi connectivity index (χ1v) is 2.43. The topological polar surface area (TPSA) is 81.7 Å². The number of ketones is 2. The van der Waals surface area contributed by atoms with E-state index < -0.39 is 0 Å². The lowest BCUT2D eigenvalue weighted by Crippen LogP contribution is -1.97. The van der Waals surface area contributed by atoms with Crippen molar-refractivity contribution in [3.05, 3.63) is 24.3 Å². The van der Waals surface area contributed by atoms with Crippen molar-refractivity contribution in [2.45, 2.75) is 0 Å². The van der Waals surface area contributed by atoms with Gasteiger partial charge in [-0.3, -0.25) is 9.59 Å². The van der Waals surface area contributed by atoms with E-state index in [1.54, 1.807) is 0 Å². The second kappa shape index (κ2) is 4.15. The quantitative estimate of drug-likeness (QED) is 0.353. The molecule has 0 unspecified atom stereocenters. The van der Waals surface area contributed by atoms with Gasteiger partial charge in [0.1, 0.15) is 0 Å². The molecule has 0 radical (unpaired) electrons. The summed E-state index contributed by atoms with van der Waals surface area (Å²) in [5, 5.41) is 12.0. The lowest BCUT2D eigenvalue weighted by Gasteiger charge is -1.87. The summed E-state index contributed by atoms with van der Waals surface area (Å²) in [7, 11) is 0. The molecule has 0 bridgehead atoms. The highest BCUT2D eigenvalue weighted by atomic mass is 16.1. The highest BCUT2D eigenvalue weighted by molar-refractivity contribution is 6.14. The summed E-state index contributed by atoms with van der Waals surface area (Å²) in [6, 6.07) is 0. The van der Waals surface area contributed by atoms with Crippen LogP contribution in [0.15, 0.2) is 24.3 Å². The van der Waals surface area contributed by atoms with E-state index in [1.807, 2.05) is 0 Å². The molecule has 0 saturated heterocycles. The third-order valence-corrected chi connectivity index (χ3v) is 0.824. The molecule has 4 nitrogen and oxygen atoms in total. The Morgan fingerprint density at radius 3 is 1.20 bits per heavy atom. The van der Waals surface area contributed by atoms with E-state index in [1.165, 1.54) is 24.3 Å². The molecule has 0 aromatic rings. The van der Waals surface area contributed by atoms with Crippen LogP contribution in [0.4, 0.5) is 0 Å². The van der Waals surface area contributed by atoms with Gasteiger partial charge in [-0.15, -0.1) is 0 Å². The molecule has 0 N–H and O–H groups in total. The largest absolute Gasteiger partial charge is 0.290 e. The number of hydrogen-bond acceptors (Lipinski definition) is 4. The van der Waals surface area contributed by atoms with E-state index in [2.05, 4.69) is 0 Å². The summed E-state index contributed by atoms with van der Waals surface area (Å²) >= 11 is 0. The lowest BCUT2D eigenvalue weighted by atomic mass is 10.2. The molecular weight excluding hydrogens is 132 g/mol. The van der Waals surface area contributed by atoms with E-state index in [4.69, 9.17) is 10.8 Å². The van der Waals surface area contributed by atoms with Gasteiger partial charge in [0.15, 0.2) is 11.6 Å². The van der Waals surface area contributed by atoms with Crippen molar-refractivity contribution in [1.29, 1.82) is 10.8 Å². The van der Waals surface area contributed by atoms with Crippen LogP contribution in [-0.4, -0.2) is 11.6 Å². The summed E-state index contributed by atoms with van der Waals surface area (Å²) < 4.78 is 0. The summed E-state index contributed by atoms with van der Waals surface area (Å²) in [6.07, 6.45) is 5.01. The molecule has 50 valence electrons. The van der Waals surface area contributed by atoms with Crippen molar-refractivity contribution in [2.24, 2.45) is 0 Å². The van der Waals surface area contributed by atoms with Gasteiger partial charge in [0.25, 0.3) is 0 Å². The Morgan fingerprint density at radius 1 is 0.800 bits per heavy atom. The highest BCUT2D eigenvalue weighted by Gasteiger charge is 1.97. The van der Waals surface area contributed by atoms with Crippen LogP contribution in [0.1, 0.15) is 0 Å². The van der Waals surface area contributed by atoms with E-state index >= 15 is 0 Å². The van der Waals surface area contributed by atoms with E-state index in [0.29, 0.717) is 0 Å². The molecule has 0 saturated carbocycles. The number of hydrogen-bond donors (Lipinski definition) is 0. The minimum absolute atomic E-state index is 0.121. The molecule has 0 spiro atoms. The van der Waals surface area contributed by atoms with Gasteiger partial charge in [-0.25, -0.2) is 0 Å². The average molecular weight is 136 g/mol. The van der Waals surface area contributed by atoms with Crippen LogP contribution in [0.5, 0.6) is 0 Å². The zero-order chi connectivity index (χ0) is 7.98. The van der Waals surface area contributed by atoms with Gasteiger partial charge in [-0.2, -0.15) is 0 Å².